The van der Waals surface area contributed by atoms with Crippen molar-refractivity contribution in [3.05, 3.63) is 59.7 Å². The molecule has 1 fully saturated rings. The molecule has 0 aliphatic carbocycles. The number of rotatable bonds is 6. The lowest BCUT2D eigenvalue weighted by atomic mass is 10.2. The van der Waals surface area contributed by atoms with Crippen molar-refractivity contribution in [3.63, 3.8) is 0 Å². The van der Waals surface area contributed by atoms with Crippen LogP contribution in [0.2, 0.25) is 0 Å². The van der Waals surface area contributed by atoms with Gasteiger partial charge in [-0.1, -0.05) is 36.4 Å². The number of nitrogens with one attached hydrogen (secondary N) is 1. The normalized spacial score (nSPS) is 17.8. The molecule has 31 heavy (non-hydrogen) atoms. The minimum Gasteiger partial charge on any atom is -0.493 e. The van der Waals surface area contributed by atoms with Crippen molar-refractivity contribution in [2.75, 3.05) is 33.0 Å². The van der Waals surface area contributed by atoms with E-state index in [1.807, 2.05) is 53.4 Å². The molecule has 7 nitrogen and oxygen atoms in total. The summed E-state index contributed by atoms with van der Waals surface area (Å²) in [6.45, 7) is 5.37. The Balaban J connectivity index is 1.63. The fourth-order valence-electron chi connectivity index (χ4n) is 3.51. The van der Waals surface area contributed by atoms with Crippen molar-refractivity contribution in [1.29, 1.82) is 0 Å². The van der Waals surface area contributed by atoms with Gasteiger partial charge in [-0.3, -0.25) is 4.99 Å². The van der Waals surface area contributed by atoms with E-state index in [2.05, 4.69) is 10.3 Å². The van der Waals surface area contributed by atoms with Gasteiger partial charge in [-0.05, 0) is 37.1 Å². The molecule has 8 heteroatoms. The van der Waals surface area contributed by atoms with E-state index in [9.17, 15) is 8.42 Å². The molecule has 3 rings (SSSR count). The Morgan fingerprint density at radius 2 is 1.87 bits per heavy atom. The maximum Gasteiger partial charge on any atom is 0.193 e. The summed E-state index contributed by atoms with van der Waals surface area (Å²) in [6, 6.07) is 15.8. The predicted molar refractivity (Wildman–Crippen MR) is 123 cm³/mol. The van der Waals surface area contributed by atoms with Gasteiger partial charge in [0.05, 0.1) is 17.6 Å². The predicted octanol–water partition coefficient (Wildman–Crippen LogP) is 2.86. The fourth-order valence-corrected chi connectivity index (χ4v) is 4.88. The molecule has 0 saturated carbocycles. The summed E-state index contributed by atoms with van der Waals surface area (Å²) in [4.78, 5) is 6.34. The standard InChI is InChI=1S/C23H31N3O4S/c1-23(2)17-26(12-13-31(23,27)28)22(24-3)25-15-19-10-11-20(21(14-19)29-4)30-16-18-8-6-5-7-9-18/h5-11,14H,12-13,15-17H2,1-4H3,(H,24,25). The number of guanidine groups is 1. The Hall–Kier alpha value is -2.74. The molecule has 0 unspecified atom stereocenters. The van der Waals surface area contributed by atoms with Crippen molar-refractivity contribution in [1.82, 2.24) is 10.2 Å². The second kappa shape index (κ2) is 9.60. The molecule has 0 amide bonds. The van der Waals surface area contributed by atoms with Crippen LogP contribution in [0.5, 0.6) is 11.5 Å². The van der Waals surface area contributed by atoms with Crippen LogP contribution in [0.1, 0.15) is 25.0 Å². The maximum absolute atomic E-state index is 12.3. The number of hydrogen-bond acceptors (Lipinski definition) is 5. The van der Waals surface area contributed by atoms with Crippen molar-refractivity contribution in [3.8, 4) is 11.5 Å². The lowest BCUT2D eigenvalue weighted by Gasteiger charge is -2.39. The van der Waals surface area contributed by atoms with Gasteiger partial charge in [-0.2, -0.15) is 0 Å². The van der Waals surface area contributed by atoms with Crippen LogP contribution in [-0.2, 0) is 23.0 Å². The highest BCUT2D eigenvalue weighted by atomic mass is 32.2. The van der Waals surface area contributed by atoms with Gasteiger partial charge in [0.15, 0.2) is 27.3 Å². The van der Waals surface area contributed by atoms with Gasteiger partial charge < -0.3 is 19.7 Å². The molecule has 1 N–H and O–H groups in total. The number of hydrogen-bond donors (Lipinski definition) is 1. The highest BCUT2D eigenvalue weighted by Crippen LogP contribution is 2.29. The lowest BCUT2D eigenvalue weighted by Crippen LogP contribution is -2.57. The fraction of sp³-hybridized carbons (Fsp3) is 0.435. The van der Waals surface area contributed by atoms with E-state index in [0.717, 1.165) is 11.1 Å². The van der Waals surface area contributed by atoms with Crippen molar-refractivity contribution in [2.24, 2.45) is 4.99 Å². The van der Waals surface area contributed by atoms with Gasteiger partial charge in [0, 0.05) is 26.7 Å². The van der Waals surface area contributed by atoms with Crippen molar-refractivity contribution in [2.45, 2.75) is 31.7 Å². The maximum atomic E-state index is 12.3. The summed E-state index contributed by atoms with van der Waals surface area (Å²) < 4.78 is 35.2. The van der Waals surface area contributed by atoms with Crippen molar-refractivity contribution >= 4 is 15.8 Å². The van der Waals surface area contributed by atoms with Crippen LogP contribution in [0.15, 0.2) is 53.5 Å². The van der Waals surface area contributed by atoms with Crippen LogP contribution < -0.4 is 14.8 Å². The Kier molecular flexibility index (Phi) is 7.10. The minimum absolute atomic E-state index is 0.127. The first-order valence-corrected chi connectivity index (χ1v) is 11.9. The van der Waals surface area contributed by atoms with E-state index in [4.69, 9.17) is 9.47 Å². The Morgan fingerprint density at radius 1 is 1.13 bits per heavy atom. The largest absolute Gasteiger partial charge is 0.493 e. The van der Waals surface area contributed by atoms with Crippen LogP contribution in [0.4, 0.5) is 0 Å². The van der Waals surface area contributed by atoms with E-state index in [1.165, 1.54) is 0 Å². The van der Waals surface area contributed by atoms with Gasteiger partial charge in [0.2, 0.25) is 0 Å². The number of aliphatic imine (C=N–C) groups is 1. The summed E-state index contributed by atoms with van der Waals surface area (Å²) in [5.41, 5.74) is 2.10. The molecule has 1 heterocycles. The first-order valence-electron chi connectivity index (χ1n) is 10.3. The third-order valence-electron chi connectivity index (χ3n) is 5.47. The smallest absolute Gasteiger partial charge is 0.193 e. The Morgan fingerprint density at radius 3 is 2.52 bits per heavy atom. The molecule has 0 aromatic heterocycles. The average Bonchev–Trinajstić information content (AvgIpc) is 2.76. The third kappa shape index (κ3) is 5.50. The SMILES string of the molecule is CN=C(NCc1ccc(OCc2ccccc2)c(OC)c1)N1CCS(=O)(=O)C(C)(C)C1. The number of benzene rings is 2. The van der Waals surface area contributed by atoms with Gasteiger partial charge >= 0.3 is 0 Å². The molecule has 0 radical (unpaired) electrons. The second-order valence-corrected chi connectivity index (χ2v) is 10.9. The summed E-state index contributed by atoms with van der Waals surface area (Å²) in [7, 11) is 0.233. The quantitative estimate of drug-likeness (QED) is 0.544. The first kappa shape index (κ1) is 22.9. The monoisotopic (exact) mass is 445 g/mol. The number of methoxy groups -OCH3 is 1. The Labute approximate surface area is 185 Å². The van der Waals surface area contributed by atoms with Crippen molar-refractivity contribution < 1.29 is 17.9 Å². The number of nitrogens with zero attached hydrogens (tertiary/aromatic N) is 2. The molecular formula is C23H31N3O4S. The van der Waals surface area contributed by atoms with Gasteiger partial charge in [-0.15, -0.1) is 0 Å². The molecular weight excluding hydrogens is 414 g/mol. The molecule has 2 aromatic carbocycles. The zero-order valence-electron chi connectivity index (χ0n) is 18.6. The zero-order chi connectivity index (χ0) is 22.5. The van der Waals surface area contributed by atoms with Gasteiger partial charge in [0.1, 0.15) is 6.61 Å². The van der Waals surface area contributed by atoms with Gasteiger partial charge in [-0.25, -0.2) is 8.42 Å². The topological polar surface area (TPSA) is 80.2 Å². The summed E-state index contributed by atoms with van der Waals surface area (Å²) in [5, 5.41) is 3.33. The van der Waals surface area contributed by atoms with E-state index < -0.39 is 14.6 Å². The zero-order valence-corrected chi connectivity index (χ0v) is 19.4. The highest BCUT2D eigenvalue weighted by Gasteiger charge is 2.40. The molecule has 1 aliphatic rings. The average molecular weight is 446 g/mol. The van der Waals surface area contributed by atoms with E-state index in [0.29, 0.717) is 43.7 Å². The minimum atomic E-state index is -3.10. The molecule has 0 atom stereocenters. The summed E-state index contributed by atoms with van der Waals surface area (Å²) in [6.07, 6.45) is 0. The van der Waals surface area contributed by atoms with E-state index >= 15 is 0 Å². The number of ether oxygens (including phenoxy) is 2. The van der Waals surface area contributed by atoms with Crippen LogP contribution >= 0.6 is 0 Å². The molecule has 0 spiro atoms. The molecule has 2 aromatic rings. The molecule has 1 aliphatic heterocycles. The highest BCUT2D eigenvalue weighted by molar-refractivity contribution is 7.92. The van der Waals surface area contributed by atoms with Crippen LogP contribution in [0.3, 0.4) is 0 Å². The molecule has 1 saturated heterocycles. The summed E-state index contributed by atoms with van der Waals surface area (Å²) >= 11 is 0. The molecule has 0 bridgehead atoms. The second-order valence-electron chi connectivity index (χ2n) is 8.16. The van der Waals surface area contributed by atoms with Gasteiger partial charge in [0.25, 0.3) is 0 Å². The Bertz CT molecular complexity index is 1020. The lowest BCUT2D eigenvalue weighted by molar-refractivity contribution is 0.284. The van der Waals surface area contributed by atoms with Crippen LogP contribution in [-0.4, -0.2) is 57.0 Å². The van der Waals surface area contributed by atoms with Crippen LogP contribution in [0.25, 0.3) is 0 Å². The first-order chi connectivity index (χ1) is 14.8. The number of sulfone groups is 1. The van der Waals surface area contributed by atoms with Crippen LogP contribution in [0, 0.1) is 0 Å². The third-order valence-corrected chi connectivity index (χ3v) is 8.00. The van der Waals surface area contributed by atoms with E-state index in [-0.39, 0.29) is 5.75 Å². The molecule has 168 valence electrons. The van der Waals surface area contributed by atoms with E-state index in [1.54, 1.807) is 28.0 Å². The summed E-state index contributed by atoms with van der Waals surface area (Å²) in [5.74, 6) is 2.16.